The first kappa shape index (κ1) is 47.0. The van der Waals surface area contributed by atoms with Crippen LogP contribution in [-0.2, 0) is 36.8 Å². The number of rotatable bonds is 17. The van der Waals surface area contributed by atoms with Crippen LogP contribution in [0, 0.1) is 0 Å². The van der Waals surface area contributed by atoms with Crippen LogP contribution in [0.5, 0.6) is 0 Å². The minimum Gasteiger partial charge on any atom is -0.324 e. The number of halogens is 5. The van der Waals surface area contributed by atoms with Gasteiger partial charge in [-0.1, -0.05) is 47.5 Å². The molecule has 5 aromatic carbocycles. The van der Waals surface area contributed by atoms with E-state index in [2.05, 4.69) is 41.7 Å². The van der Waals surface area contributed by atoms with Gasteiger partial charge in [0.1, 0.15) is 0 Å². The summed E-state index contributed by atoms with van der Waals surface area (Å²) in [7, 11) is 0. The molecule has 2 atom stereocenters. The molecule has 5 rings (SSSR count). The van der Waals surface area contributed by atoms with E-state index in [-0.39, 0.29) is 61.6 Å². The Labute approximate surface area is 380 Å². The SMILES string of the molecule is CC(=O)C(N=Nc1cc(Cl)cc(C(=O)Nc2cccc(CCl)c2)c1)C(=O)Nc1ccc(NC(=O)C(N=Nc2cc(Cl)cc(C(=O)Nc3cccc(CCl)c3)c2)C(C)=O)c(CCl)c1. The molecule has 0 bridgehead atoms. The highest BCUT2D eigenvalue weighted by molar-refractivity contribution is 6.32. The van der Waals surface area contributed by atoms with E-state index in [0.29, 0.717) is 16.9 Å². The molecule has 0 aliphatic rings. The highest BCUT2D eigenvalue weighted by atomic mass is 35.5. The number of hydrogen-bond acceptors (Lipinski definition) is 10. The summed E-state index contributed by atoms with van der Waals surface area (Å²) in [5, 5.41) is 27.0. The van der Waals surface area contributed by atoms with Gasteiger partial charge in [-0.25, -0.2) is 0 Å². The minimum atomic E-state index is -1.60. The van der Waals surface area contributed by atoms with Crippen LogP contribution in [0.15, 0.2) is 124 Å². The Hall–Kier alpha value is -6.03. The normalized spacial score (nSPS) is 12.1. The van der Waals surface area contributed by atoms with Crippen molar-refractivity contribution in [3.05, 3.63) is 141 Å². The lowest BCUT2D eigenvalue weighted by Gasteiger charge is -2.15. The minimum absolute atomic E-state index is 0.103. The highest BCUT2D eigenvalue weighted by Crippen LogP contribution is 2.27. The Kier molecular flexibility index (Phi) is 16.8. The van der Waals surface area contributed by atoms with Gasteiger partial charge in [0.05, 0.1) is 11.4 Å². The van der Waals surface area contributed by atoms with Crippen LogP contribution in [0.4, 0.5) is 34.1 Å². The first-order valence-electron chi connectivity index (χ1n) is 18.3. The van der Waals surface area contributed by atoms with Crippen LogP contribution >= 0.6 is 58.0 Å². The lowest BCUT2D eigenvalue weighted by atomic mass is 10.1. The molecule has 5 aromatic rings. The van der Waals surface area contributed by atoms with Gasteiger partial charge in [0.2, 0.25) is 12.1 Å². The zero-order valence-electron chi connectivity index (χ0n) is 32.7. The van der Waals surface area contributed by atoms with Crippen molar-refractivity contribution in [2.24, 2.45) is 20.5 Å². The summed E-state index contributed by atoms with van der Waals surface area (Å²) in [6.45, 7) is 2.32. The van der Waals surface area contributed by atoms with E-state index in [1.807, 2.05) is 12.1 Å². The number of Topliss-reactive ketones (excluding diaryl/α,β-unsaturated/α-hetero) is 2. The van der Waals surface area contributed by atoms with Crippen molar-refractivity contribution in [1.82, 2.24) is 0 Å². The van der Waals surface area contributed by atoms with Gasteiger partial charge in [-0.2, -0.15) is 20.5 Å². The topological polar surface area (TPSA) is 200 Å². The van der Waals surface area contributed by atoms with E-state index in [4.69, 9.17) is 58.0 Å². The first-order chi connectivity index (χ1) is 29.6. The number of nitrogens with zero attached hydrogens (tertiary/aromatic N) is 4. The quantitative estimate of drug-likeness (QED) is 0.0406. The van der Waals surface area contributed by atoms with E-state index >= 15 is 0 Å². The van der Waals surface area contributed by atoms with Crippen LogP contribution in [-0.4, -0.2) is 47.3 Å². The average molecular weight is 937 g/mol. The van der Waals surface area contributed by atoms with Gasteiger partial charge in [0, 0.05) is 61.6 Å². The molecular weight excluding hydrogens is 902 g/mol. The zero-order chi connectivity index (χ0) is 44.9. The summed E-state index contributed by atoms with van der Waals surface area (Å²) in [5.41, 5.74) is 3.86. The van der Waals surface area contributed by atoms with Crippen LogP contribution in [0.3, 0.4) is 0 Å². The van der Waals surface area contributed by atoms with Crippen LogP contribution < -0.4 is 21.3 Å². The Morgan fingerprint density at radius 1 is 0.516 bits per heavy atom. The monoisotopic (exact) mass is 934 g/mol. The second-order valence-electron chi connectivity index (χ2n) is 13.4. The molecule has 0 aliphatic carbocycles. The van der Waals surface area contributed by atoms with Gasteiger partial charge in [-0.15, -0.1) is 34.8 Å². The van der Waals surface area contributed by atoms with E-state index in [1.165, 1.54) is 54.6 Å². The number of benzene rings is 5. The van der Waals surface area contributed by atoms with E-state index < -0.39 is 47.3 Å². The number of alkyl halides is 3. The predicted octanol–water partition coefficient (Wildman–Crippen LogP) is 11.1. The van der Waals surface area contributed by atoms with Crippen molar-refractivity contribution < 1.29 is 28.8 Å². The number of hydrogen-bond donors (Lipinski definition) is 4. The second-order valence-corrected chi connectivity index (χ2v) is 15.1. The molecule has 0 heterocycles. The number of azo groups is 2. The molecule has 0 aliphatic heterocycles. The van der Waals surface area contributed by atoms with Crippen LogP contribution in [0.2, 0.25) is 10.0 Å². The molecular formula is C43H35Cl5N8O6. The number of anilines is 4. The Morgan fingerprint density at radius 3 is 1.40 bits per heavy atom. The molecule has 0 radical (unpaired) electrons. The van der Waals surface area contributed by atoms with Crippen molar-refractivity contribution >= 4 is 127 Å². The summed E-state index contributed by atoms with van der Waals surface area (Å²) >= 11 is 30.5. The van der Waals surface area contributed by atoms with Gasteiger partial charge in [0.25, 0.3) is 23.6 Å². The fourth-order valence-electron chi connectivity index (χ4n) is 5.60. The van der Waals surface area contributed by atoms with Gasteiger partial charge >= 0.3 is 0 Å². The largest absolute Gasteiger partial charge is 0.324 e. The third-order valence-electron chi connectivity index (χ3n) is 8.59. The maximum Gasteiger partial charge on any atom is 0.258 e. The van der Waals surface area contributed by atoms with Crippen molar-refractivity contribution in [3.8, 4) is 0 Å². The molecule has 4 N–H and O–H groups in total. The Bertz CT molecular complexity index is 2610. The third-order valence-corrected chi connectivity index (χ3v) is 9.93. The number of carbonyl (C=O) groups is 6. The van der Waals surface area contributed by atoms with Gasteiger partial charge in [-0.05, 0) is 109 Å². The van der Waals surface area contributed by atoms with Crippen LogP contribution in [0.25, 0.3) is 0 Å². The molecule has 62 heavy (non-hydrogen) atoms. The Balaban J connectivity index is 1.25. The molecule has 0 aromatic heterocycles. The molecule has 318 valence electrons. The van der Waals surface area contributed by atoms with Crippen molar-refractivity contribution in [2.75, 3.05) is 21.3 Å². The standard InChI is InChI=1S/C43H35Cl5N8O6/c1-23(57)38(55-53-35-15-27(13-30(47)18-35)40(59)49-32-7-3-5-25(11-32)20-44)42(61)51-34-9-10-37(29(17-34)22-46)52-43(62)39(24(2)58)56-54-36-16-28(14-31(48)19-36)41(60)50-33-8-4-6-26(12-33)21-45/h3-19,38-39H,20-22H2,1-2H3,(H,49,59)(H,50,60)(H,51,61)(H,52,62). The van der Waals surface area contributed by atoms with Gasteiger partial charge in [-0.3, -0.25) is 28.8 Å². The fourth-order valence-corrected chi connectivity index (χ4v) is 6.61. The number of ketones is 2. The summed E-state index contributed by atoms with van der Waals surface area (Å²) in [6, 6.07) is 23.5. The van der Waals surface area contributed by atoms with Gasteiger partial charge in [0.15, 0.2) is 11.6 Å². The van der Waals surface area contributed by atoms with Crippen molar-refractivity contribution in [1.29, 1.82) is 0 Å². The summed E-state index contributed by atoms with van der Waals surface area (Å²) < 4.78 is 0. The molecule has 4 amide bonds. The van der Waals surface area contributed by atoms with Crippen LogP contribution in [0.1, 0.15) is 51.3 Å². The predicted molar refractivity (Wildman–Crippen MR) is 242 cm³/mol. The van der Waals surface area contributed by atoms with Crippen molar-refractivity contribution in [2.45, 2.75) is 43.6 Å². The zero-order valence-corrected chi connectivity index (χ0v) is 36.5. The first-order valence-corrected chi connectivity index (χ1v) is 20.7. The average Bonchev–Trinajstić information content (AvgIpc) is 3.23. The lowest BCUT2D eigenvalue weighted by molar-refractivity contribution is -0.127. The molecule has 0 fully saturated rings. The number of nitrogens with one attached hydrogen (secondary N) is 4. The number of amides is 4. The molecule has 0 spiro atoms. The number of carbonyl (C=O) groups excluding carboxylic acids is 6. The van der Waals surface area contributed by atoms with Crippen molar-refractivity contribution in [3.63, 3.8) is 0 Å². The Morgan fingerprint density at radius 2 is 0.968 bits per heavy atom. The molecule has 19 heteroatoms. The second kappa shape index (κ2) is 22.2. The van der Waals surface area contributed by atoms with Gasteiger partial charge < -0.3 is 21.3 Å². The molecule has 2 unspecified atom stereocenters. The lowest BCUT2D eigenvalue weighted by Crippen LogP contribution is -2.32. The third kappa shape index (κ3) is 13.2. The van der Waals surface area contributed by atoms with E-state index in [0.717, 1.165) is 25.0 Å². The van der Waals surface area contributed by atoms with E-state index in [9.17, 15) is 28.8 Å². The fraction of sp³-hybridized carbons (Fsp3) is 0.163. The van der Waals surface area contributed by atoms with E-state index in [1.54, 1.807) is 36.4 Å². The smallest absolute Gasteiger partial charge is 0.258 e. The maximum atomic E-state index is 13.3. The molecule has 0 saturated carbocycles. The highest BCUT2D eigenvalue weighted by Gasteiger charge is 2.26. The summed E-state index contributed by atoms with van der Waals surface area (Å²) in [5.74, 6) is -3.57. The molecule has 14 nitrogen and oxygen atoms in total. The summed E-state index contributed by atoms with van der Waals surface area (Å²) in [4.78, 5) is 77.7. The summed E-state index contributed by atoms with van der Waals surface area (Å²) in [6.07, 6.45) is 0. The maximum absolute atomic E-state index is 13.3. The molecule has 0 saturated heterocycles.